The predicted octanol–water partition coefficient (Wildman–Crippen LogP) is 4.69. The molecule has 0 fully saturated rings. The molecule has 28 heavy (non-hydrogen) atoms. The van der Waals surface area contributed by atoms with Gasteiger partial charge in [-0.1, -0.05) is 11.6 Å². The lowest BCUT2D eigenvalue weighted by molar-refractivity contribution is -0.116. The summed E-state index contributed by atoms with van der Waals surface area (Å²) in [7, 11) is 0. The fraction of sp³-hybridized carbons (Fsp3) is 0.550. The number of aromatic nitrogens is 2. The number of carbonyl (C=O) groups excluding carboxylic acids is 2. The van der Waals surface area contributed by atoms with Gasteiger partial charge < -0.3 is 10.1 Å². The number of thiophene rings is 1. The van der Waals surface area contributed by atoms with Crippen LogP contribution in [0.3, 0.4) is 0 Å². The summed E-state index contributed by atoms with van der Waals surface area (Å²) in [6, 6.07) is 0. The summed E-state index contributed by atoms with van der Waals surface area (Å²) in [6.45, 7) is 7.81. The normalized spacial score (nSPS) is 13.5. The maximum atomic E-state index is 12.7. The van der Waals surface area contributed by atoms with Crippen molar-refractivity contribution in [2.24, 2.45) is 0 Å². The Kier molecular flexibility index (Phi) is 6.45. The molecule has 0 aromatic carbocycles. The maximum Gasteiger partial charge on any atom is 0.341 e. The average molecular weight is 424 g/mol. The van der Waals surface area contributed by atoms with Gasteiger partial charge in [-0.2, -0.15) is 5.10 Å². The highest BCUT2D eigenvalue weighted by Crippen LogP contribution is 2.38. The first-order valence-electron chi connectivity index (χ1n) is 9.62. The minimum Gasteiger partial charge on any atom is -0.459 e. The van der Waals surface area contributed by atoms with Gasteiger partial charge in [0.15, 0.2) is 0 Å². The largest absolute Gasteiger partial charge is 0.459 e. The minimum atomic E-state index is -0.352. The van der Waals surface area contributed by atoms with E-state index < -0.39 is 0 Å². The molecular weight excluding hydrogens is 398 g/mol. The number of nitrogens with zero attached hydrogens (tertiary/aromatic N) is 2. The van der Waals surface area contributed by atoms with Crippen LogP contribution >= 0.6 is 22.9 Å². The van der Waals surface area contributed by atoms with Crippen molar-refractivity contribution in [1.29, 1.82) is 0 Å². The van der Waals surface area contributed by atoms with Crippen LogP contribution in [-0.2, 0) is 28.9 Å². The molecule has 8 heteroatoms. The van der Waals surface area contributed by atoms with Crippen molar-refractivity contribution in [3.63, 3.8) is 0 Å². The topological polar surface area (TPSA) is 73.2 Å². The summed E-state index contributed by atoms with van der Waals surface area (Å²) < 4.78 is 7.17. The number of esters is 1. The van der Waals surface area contributed by atoms with Crippen molar-refractivity contribution >= 4 is 39.8 Å². The molecule has 2 aromatic rings. The van der Waals surface area contributed by atoms with E-state index in [4.69, 9.17) is 16.3 Å². The Balaban J connectivity index is 1.75. The Morgan fingerprint density at radius 1 is 1.29 bits per heavy atom. The number of aryl methyl sites for hydroxylation is 3. The highest BCUT2D eigenvalue weighted by atomic mass is 35.5. The van der Waals surface area contributed by atoms with Crippen molar-refractivity contribution in [3.8, 4) is 0 Å². The number of nitrogens with one attached hydrogen (secondary N) is 1. The van der Waals surface area contributed by atoms with Crippen LogP contribution in [0.4, 0.5) is 5.00 Å². The highest BCUT2D eigenvalue weighted by molar-refractivity contribution is 7.17. The Bertz CT molecular complexity index is 901. The molecule has 0 spiro atoms. The van der Waals surface area contributed by atoms with Crippen molar-refractivity contribution in [1.82, 2.24) is 9.78 Å². The summed E-state index contributed by atoms with van der Waals surface area (Å²) >= 11 is 7.67. The smallest absolute Gasteiger partial charge is 0.341 e. The molecule has 0 unspecified atom stereocenters. The third-order valence-corrected chi connectivity index (χ3v) is 6.57. The first-order valence-corrected chi connectivity index (χ1v) is 10.8. The summed E-state index contributed by atoms with van der Waals surface area (Å²) in [5.74, 6) is -0.504. The number of ether oxygens (including phenoxy) is 1. The lowest BCUT2D eigenvalue weighted by Crippen LogP contribution is -2.19. The average Bonchev–Trinajstić information content (AvgIpc) is 3.11. The van der Waals surface area contributed by atoms with E-state index in [-0.39, 0.29) is 24.4 Å². The number of hydrogen-bond donors (Lipinski definition) is 1. The van der Waals surface area contributed by atoms with Gasteiger partial charge in [0, 0.05) is 11.3 Å². The molecule has 0 radical (unpaired) electrons. The fourth-order valence-electron chi connectivity index (χ4n) is 3.43. The van der Waals surface area contributed by atoms with Gasteiger partial charge >= 0.3 is 5.97 Å². The second-order valence-electron chi connectivity index (χ2n) is 7.38. The zero-order chi connectivity index (χ0) is 20.4. The Hall–Kier alpha value is -1.86. The molecular formula is C20H26ClN3O3S. The van der Waals surface area contributed by atoms with Crippen LogP contribution < -0.4 is 5.32 Å². The Labute approximate surface area is 174 Å². The number of carbonyl (C=O) groups is 2. The number of fused-ring (bicyclic) bond motifs is 1. The van der Waals surface area contributed by atoms with Crippen LogP contribution in [0, 0.1) is 13.8 Å². The van der Waals surface area contributed by atoms with Crippen molar-refractivity contribution < 1.29 is 14.3 Å². The zero-order valence-electron chi connectivity index (χ0n) is 16.7. The number of anilines is 1. The van der Waals surface area contributed by atoms with Gasteiger partial charge in [0.25, 0.3) is 0 Å². The van der Waals surface area contributed by atoms with Crippen LogP contribution in [-0.4, -0.2) is 27.8 Å². The first-order chi connectivity index (χ1) is 13.3. The van der Waals surface area contributed by atoms with E-state index in [9.17, 15) is 9.59 Å². The van der Waals surface area contributed by atoms with E-state index in [0.29, 0.717) is 22.1 Å². The number of hydrogen-bond acceptors (Lipinski definition) is 5. The van der Waals surface area contributed by atoms with Gasteiger partial charge in [-0.25, -0.2) is 4.79 Å². The van der Waals surface area contributed by atoms with Crippen molar-refractivity contribution in [2.75, 3.05) is 5.32 Å². The molecule has 0 saturated heterocycles. The molecule has 1 aliphatic rings. The van der Waals surface area contributed by atoms with Gasteiger partial charge in [-0.05, 0) is 58.9 Å². The van der Waals surface area contributed by atoms with Crippen LogP contribution in [0.2, 0.25) is 5.02 Å². The maximum absolute atomic E-state index is 12.7. The van der Waals surface area contributed by atoms with Crippen molar-refractivity contribution in [2.45, 2.75) is 72.4 Å². The van der Waals surface area contributed by atoms with E-state index in [2.05, 4.69) is 10.4 Å². The van der Waals surface area contributed by atoms with Gasteiger partial charge in [0.2, 0.25) is 5.91 Å². The third kappa shape index (κ3) is 4.41. The second-order valence-corrected chi connectivity index (χ2v) is 8.86. The van der Waals surface area contributed by atoms with E-state index in [1.165, 1.54) is 16.2 Å². The summed E-state index contributed by atoms with van der Waals surface area (Å²) in [5, 5.41) is 8.53. The standard InChI is InChI=1S/C20H26ClN3O3S/c1-11(2)27-20(26)17-14-7-5-6-8-15(14)28-19(17)22-16(25)9-10-24-13(4)18(21)12(3)23-24/h11H,5-10H2,1-4H3,(H,22,25). The molecule has 152 valence electrons. The molecule has 0 bridgehead atoms. The predicted molar refractivity (Wildman–Crippen MR) is 111 cm³/mol. The second kappa shape index (κ2) is 8.66. The Morgan fingerprint density at radius 2 is 2.00 bits per heavy atom. The Morgan fingerprint density at radius 3 is 2.64 bits per heavy atom. The van der Waals surface area contributed by atoms with Gasteiger partial charge in [-0.15, -0.1) is 11.3 Å². The van der Waals surface area contributed by atoms with Crippen LogP contribution in [0.25, 0.3) is 0 Å². The fourth-order valence-corrected chi connectivity index (χ4v) is 4.86. The number of amides is 1. The van der Waals surface area contributed by atoms with Crippen LogP contribution in [0.1, 0.15) is 65.3 Å². The molecule has 2 aromatic heterocycles. The molecule has 1 amide bonds. The molecule has 0 saturated carbocycles. The molecule has 1 aliphatic carbocycles. The van der Waals surface area contributed by atoms with Gasteiger partial charge in [0.1, 0.15) is 5.00 Å². The molecule has 0 atom stereocenters. The van der Waals surface area contributed by atoms with Gasteiger partial charge in [0.05, 0.1) is 34.6 Å². The monoisotopic (exact) mass is 423 g/mol. The van der Waals surface area contributed by atoms with Crippen LogP contribution in [0.5, 0.6) is 0 Å². The molecule has 2 heterocycles. The van der Waals surface area contributed by atoms with E-state index in [1.54, 1.807) is 4.68 Å². The van der Waals surface area contributed by atoms with E-state index in [0.717, 1.165) is 42.6 Å². The zero-order valence-corrected chi connectivity index (χ0v) is 18.3. The lowest BCUT2D eigenvalue weighted by atomic mass is 9.95. The SMILES string of the molecule is Cc1nn(CCC(=O)Nc2sc3c(c2C(=O)OC(C)C)CCCC3)c(C)c1Cl. The summed E-state index contributed by atoms with van der Waals surface area (Å²) in [4.78, 5) is 26.4. The summed E-state index contributed by atoms with van der Waals surface area (Å²) in [5.41, 5.74) is 3.18. The highest BCUT2D eigenvalue weighted by Gasteiger charge is 2.27. The molecule has 6 nitrogen and oxygen atoms in total. The van der Waals surface area contributed by atoms with Gasteiger partial charge in [-0.3, -0.25) is 9.48 Å². The molecule has 1 N–H and O–H groups in total. The molecule has 0 aliphatic heterocycles. The van der Waals surface area contributed by atoms with Crippen LogP contribution in [0.15, 0.2) is 0 Å². The summed E-state index contributed by atoms with van der Waals surface area (Å²) in [6.07, 6.45) is 4.01. The minimum absolute atomic E-state index is 0.152. The number of rotatable bonds is 6. The lowest BCUT2D eigenvalue weighted by Gasteiger charge is -2.14. The van der Waals surface area contributed by atoms with E-state index >= 15 is 0 Å². The third-order valence-electron chi connectivity index (χ3n) is 4.81. The van der Waals surface area contributed by atoms with Crippen molar-refractivity contribution in [3.05, 3.63) is 32.4 Å². The first kappa shape index (κ1) is 20.9. The number of halogens is 1. The molecule has 3 rings (SSSR count). The van der Waals surface area contributed by atoms with E-state index in [1.807, 2.05) is 27.7 Å². The quantitative estimate of drug-likeness (QED) is 0.684.